The highest BCUT2D eigenvalue weighted by molar-refractivity contribution is 5.72. The van der Waals surface area contributed by atoms with Crippen molar-refractivity contribution >= 4 is 12.9 Å². The maximum Gasteiger partial charge on any atom is 0.0416 e. The lowest BCUT2D eigenvalue weighted by atomic mass is 9.90. The van der Waals surface area contributed by atoms with E-state index in [0.717, 1.165) is 12.1 Å². The summed E-state index contributed by atoms with van der Waals surface area (Å²) in [6.07, 6.45) is 4.58. The second kappa shape index (κ2) is 4.86. The van der Waals surface area contributed by atoms with Gasteiger partial charge in [-0.25, -0.2) is 0 Å². The third-order valence-corrected chi connectivity index (χ3v) is 1.33. The van der Waals surface area contributed by atoms with Gasteiger partial charge in [-0.15, -0.1) is 0 Å². The van der Waals surface area contributed by atoms with Crippen molar-refractivity contribution in [3.63, 3.8) is 0 Å². The van der Waals surface area contributed by atoms with Gasteiger partial charge in [0.05, 0.1) is 0 Å². The van der Waals surface area contributed by atoms with E-state index in [1.165, 1.54) is 0 Å². The predicted octanol–water partition coefficient (Wildman–Crippen LogP) is 2.71. The average Bonchev–Trinajstić information content (AvgIpc) is 1.95. The molecule has 2 nitrogen and oxygen atoms in total. The number of hydrogen-bond acceptors (Lipinski definition) is 2. The van der Waals surface area contributed by atoms with E-state index in [1.807, 2.05) is 6.08 Å². The van der Waals surface area contributed by atoms with Gasteiger partial charge in [0.1, 0.15) is 0 Å². The van der Waals surface area contributed by atoms with Crippen molar-refractivity contribution in [2.24, 2.45) is 15.4 Å². The standard InChI is InChI=1S/C10H18N2/c1-10(2,3)8-9(12-5)6-7-11-4/h6-7H,5,8H2,1-4H3/b9-6-,11-7-. The molecule has 0 heterocycles. The molecule has 0 saturated carbocycles. The van der Waals surface area contributed by atoms with E-state index in [4.69, 9.17) is 0 Å². The Balaban J connectivity index is 4.28. The second-order valence-corrected chi connectivity index (χ2v) is 3.96. The molecule has 0 aromatic heterocycles. The summed E-state index contributed by atoms with van der Waals surface area (Å²) in [5, 5.41) is 0. The first-order valence-electron chi connectivity index (χ1n) is 4.07. The minimum Gasteiger partial charge on any atom is -0.296 e. The molecule has 0 aliphatic carbocycles. The molecule has 0 saturated heterocycles. The molecule has 12 heavy (non-hydrogen) atoms. The lowest BCUT2D eigenvalue weighted by molar-refractivity contribution is 0.408. The molecular weight excluding hydrogens is 148 g/mol. The Labute approximate surface area is 75.1 Å². The monoisotopic (exact) mass is 166 g/mol. The van der Waals surface area contributed by atoms with E-state index < -0.39 is 0 Å². The van der Waals surface area contributed by atoms with Crippen molar-refractivity contribution < 1.29 is 0 Å². The molecule has 0 N–H and O–H groups in total. The topological polar surface area (TPSA) is 24.7 Å². The molecule has 0 aliphatic heterocycles. The number of allylic oxidation sites excluding steroid dienone is 2. The van der Waals surface area contributed by atoms with Crippen molar-refractivity contribution in [1.29, 1.82) is 0 Å². The summed E-state index contributed by atoms with van der Waals surface area (Å²) in [5.74, 6) is 0. The Bertz CT molecular complexity index is 194. The fourth-order valence-corrected chi connectivity index (χ4v) is 0.871. The maximum absolute atomic E-state index is 3.93. The Kier molecular flexibility index (Phi) is 4.49. The van der Waals surface area contributed by atoms with Crippen LogP contribution in [-0.4, -0.2) is 20.0 Å². The van der Waals surface area contributed by atoms with Crippen LogP contribution in [0.2, 0.25) is 0 Å². The molecule has 0 spiro atoms. The largest absolute Gasteiger partial charge is 0.296 e. The summed E-state index contributed by atoms with van der Waals surface area (Å²) in [7, 11) is 1.74. The first-order chi connectivity index (χ1) is 5.49. The fraction of sp³-hybridized carbons (Fsp3) is 0.600. The van der Waals surface area contributed by atoms with Crippen LogP contribution >= 0.6 is 0 Å². The van der Waals surface area contributed by atoms with Gasteiger partial charge in [0.2, 0.25) is 0 Å². The lowest BCUT2D eigenvalue weighted by Crippen LogP contribution is -2.05. The zero-order chi connectivity index (χ0) is 9.61. The molecule has 68 valence electrons. The van der Waals surface area contributed by atoms with Crippen molar-refractivity contribution in [2.45, 2.75) is 27.2 Å². The minimum atomic E-state index is 0.259. The third kappa shape index (κ3) is 5.83. The fourth-order valence-electron chi connectivity index (χ4n) is 0.871. The van der Waals surface area contributed by atoms with Crippen LogP contribution in [0.1, 0.15) is 27.2 Å². The first kappa shape index (κ1) is 11.1. The van der Waals surface area contributed by atoms with Crippen molar-refractivity contribution in [3.05, 3.63) is 11.8 Å². The molecule has 0 atom stereocenters. The molecule has 0 aromatic carbocycles. The molecule has 0 aromatic rings. The minimum absolute atomic E-state index is 0.259. The average molecular weight is 166 g/mol. The van der Waals surface area contributed by atoms with Gasteiger partial charge in [0.15, 0.2) is 0 Å². The van der Waals surface area contributed by atoms with E-state index in [-0.39, 0.29) is 5.41 Å². The van der Waals surface area contributed by atoms with Crippen LogP contribution in [0.4, 0.5) is 0 Å². The van der Waals surface area contributed by atoms with Gasteiger partial charge in [-0.05, 0) is 24.6 Å². The van der Waals surface area contributed by atoms with Gasteiger partial charge in [0.25, 0.3) is 0 Å². The van der Waals surface area contributed by atoms with E-state index in [2.05, 4.69) is 37.5 Å². The highest BCUT2D eigenvalue weighted by atomic mass is 14.7. The number of hydrogen-bond donors (Lipinski definition) is 0. The Morgan fingerprint density at radius 3 is 2.33 bits per heavy atom. The normalized spacial score (nSPS) is 13.8. The van der Waals surface area contributed by atoms with Crippen molar-refractivity contribution in [1.82, 2.24) is 0 Å². The van der Waals surface area contributed by atoms with Crippen LogP contribution < -0.4 is 0 Å². The highest BCUT2D eigenvalue weighted by Crippen LogP contribution is 2.23. The quantitative estimate of drug-likeness (QED) is 0.576. The zero-order valence-electron chi connectivity index (χ0n) is 8.46. The number of rotatable bonds is 3. The molecule has 0 bridgehead atoms. The summed E-state index contributed by atoms with van der Waals surface area (Å²) in [6.45, 7) is 10.0. The summed E-state index contributed by atoms with van der Waals surface area (Å²) >= 11 is 0. The highest BCUT2D eigenvalue weighted by Gasteiger charge is 2.11. The van der Waals surface area contributed by atoms with Crippen LogP contribution in [0.5, 0.6) is 0 Å². The number of nitrogens with zero attached hydrogens (tertiary/aromatic N) is 2. The summed E-state index contributed by atoms with van der Waals surface area (Å²) < 4.78 is 0. The predicted molar refractivity (Wildman–Crippen MR) is 56.1 cm³/mol. The molecule has 0 unspecified atom stereocenters. The smallest absolute Gasteiger partial charge is 0.0416 e. The van der Waals surface area contributed by atoms with Crippen LogP contribution in [0.25, 0.3) is 0 Å². The van der Waals surface area contributed by atoms with Gasteiger partial charge < -0.3 is 0 Å². The van der Waals surface area contributed by atoms with E-state index in [1.54, 1.807) is 13.3 Å². The zero-order valence-corrected chi connectivity index (χ0v) is 8.46. The molecular formula is C10H18N2. The first-order valence-corrected chi connectivity index (χ1v) is 4.07. The van der Waals surface area contributed by atoms with Gasteiger partial charge >= 0.3 is 0 Å². The Hall–Kier alpha value is -0.920. The molecule has 2 heteroatoms. The molecule has 0 amide bonds. The molecule has 0 aliphatic rings. The van der Waals surface area contributed by atoms with Crippen LogP contribution in [-0.2, 0) is 0 Å². The molecule has 0 rings (SSSR count). The van der Waals surface area contributed by atoms with Crippen molar-refractivity contribution in [2.75, 3.05) is 7.05 Å². The van der Waals surface area contributed by atoms with Crippen molar-refractivity contribution in [3.8, 4) is 0 Å². The van der Waals surface area contributed by atoms with Gasteiger partial charge in [-0.1, -0.05) is 20.8 Å². The molecule has 0 radical (unpaired) electrons. The molecule has 0 fully saturated rings. The summed E-state index contributed by atoms with van der Waals surface area (Å²) in [4.78, 5) is 7.80. The Morgan fingerprint density at radius 1 is 1.42 bits per heavy atom. The van der Waals surface area contributed by atoms with Gasteiger partial charge in [-0.2, -0.15) is 0 Å². The third-order valence-electron chi connectivity index (χ3n) is 1.33. The van der Waals surface area contributed by atoms with E-state index >= 15 is 0 Å². The SMILES string of the molecule is C=N/C(=C\C=N/C)CC(C)(C)C. The maximum atomic E-state index is 3.93. The summed E-state index contributed by atoms with van der Waals surface area (Å²) in [5.41, 5.74) is 1.25. The van der Waals surface area contributed by atoms with Gasteiger partial charge in [-0.3, -0.25) is 9.98 Å². The van der Waals surface area contributed by atoms with E-state index in [9.17, 15) is 0 Å². The van der Waals surface area contributed by atoms with Crippen LogP contribution in [0.3, 0.4) is 0 Å². The lowest BCUT2D eigenvalue weighted by Gasteiger charge is -2.17. The summed E-state index contributed by atoms with van der Waals surface area (Å²) in [6, 6.07) is 0. The Morgan fingerprint density at radius 2 is 2.00 bits per heavy atom. The van der Waals surface area contributed by atoms with Gasteiger partial charge in [0, 0.05) is 19.0 Å². The van der Waals surface area contributed by atoms with E-state index in [0.29, 0.717) is 0 Å². The second-order valence-electron chi connectivity index (χ2n) is 3.96. The van der Waals surface area contributed by atoms with Crippen LogP contribution in [0.15, 0.2) is 21.8 Å². The number of aliphatic imine (C=N–C) groups is 2. The van der Waals surface area contributed by atoms with Crippen LogP contribution in [0, 0.1) is 5.41 Å².